The Labute approximate surface area is 179 Å². The normalized spacial score (nSPS) is 14.6. The van der Waals surface area contributed by atoms with E-state index in [1.165, 1.54) is 18.4 Å². The number of imidazole rings is 1. The van der Waals surface area contributed by atoms with Crippen LogP contribution in [0.5, 0.6) is 5.75 Å². The molecule has 0 aliphatic heterocycles. The first kappa shape index (κ1) is 18.9. The molecule has 0 N–H and O–H groups in total. The van der Waals surface area contributed by atoms with Gasteiger partial charge in [0, 0.05) is 11.6 Å². The van der Waals surface area contributed by atoms with Crippen molar-refractivity contribution in [1.82, 2.24) is 19.7 Å². The third-order valence-corrected chi connectivity index (χ3v) is 6.22. The van der Waals surface area contributed by atoms with E-state index in [4.69, 9.17) is 14.1 Å². The standard InChI is InChI=1S/C23H22N4O2S/c1-15(21-25-26-22(29-21)17-8-12-19(28-2)13-9-17)30-23-24-14-20(27(23)18-10-11-18)16-6-4-3-5-7-16/h3-9,12-15,18H,10-11H2,1-2H3. The highest BCUT2D eigenvalue weighted by Crippen LogP contribution is 2.44. The van der Waals surface area contributed by atoms with Gasteiger partial charge in [0.2, 0.25) is 11.8 Å². The Bertz CT molecular complexity index is 1130. The predicted octanol–water partition coefficient (Wildman–Crippen LogP) is 5.80. The van der Waals surface area contributed by atoms with Gasteiger partial charge in [0.15, 0.2) is 5.16 Å². The van der Waals surface area contributed by atoms with Gasteiger partial charge in [0.1, 0.15) is 5.75 Å². The van der Waals surface area contributed by atoms with E-state index in [0.717, 1.165) is 22.2 Å². The summed E-state index contributed by atoms with van der Waals surface area (Å²) in [4.78, 5) is 4.73. The second-order valence-corrected chi connectivity index (χ2v) is 8.64. The van der Waals surface area contributed by atoms with Crippen LogP contribution in [0.4, 0.5) is 0 Å². The van der Waals surface area contributed by atoms with Crippen molar-refractivity contribution in [2.75, 3.05) is 7.11 Å². The third kappa shape index (κ3) is 3.73. The molecule has 1 aliphatic carbocycles. The van der Waals surface area contributed by atoms with Crippen molar-refractivity contribution in [3.05, 3.63) is 66.7 Å². The van der Waals surface area contributed by atoms with Crippen LogP contribution < -0.4 is 4.74 Å². The van der Waals surface area contributed by atoms with Gasteiger partial charge in [-0.1, -0.05) is 42.1 Å². The Morgan fingerprint density at radius 3 is 2.50 bits per heavy atom. The highest BCUT2D eigenvalue weighted by molar-refractivity contribution is 7.99. The molecular formula is C23H22N4O2S. The maximum Gasteiger partial charge on any atom is 0.247 e. The second-order valence-electron chi connectivity index (χ2n) is 7.33. The molecule has 5 rings (SSSR count). The molecule has 6 nitrogen and oxygen atoms in total. The monoisotopic (exact) mass is 418 g/mol. The average molecular weight is 419 g/mol. The minimum absolute atomic E-state index is 0.00646. The quantitative estimate of drug-likeness (QED) is 0.354. The van der Waals surface area contributed by atoms with E-state index in [1.54, 1.807) is 18.9 Å². The molecule has 0 amide bonds. The SMILES string of the molecule is COc1ccc(-c2nnc(C(C)Sc3ncc(-c4ccccc4)n3C3CC3)o2)cc1. The Morgan fingerprint density at radius 1 is 1.03 bits per heavy atom. The molecule has 1 saturated carbocycles. The topological polar surface area (TPSA) is 66.0 Å². The summed E-state index contributed by atoms with van der Waals surface area (Å²) in [5.41, 5.74) is 3.23. The number of hydrogen-bond donors (Lipinski definition) is 0. The van der Waals surface area contributed by atoms with Crippen LogP contribution >= 0.6 is 11.8 Å². The van der Waals surface area contributed by atoms with Crippen molar-refractivity contribution in [2.24, 2.45) is 0 Å². The lowest BCUT2D eigenvalue weighted by molar-refractivity contribution is 0.415. The van der Waals surface area contributed by atoms with Crippen LogP contribution in [0.25, 0.3) is 22.7 Å². The first-order valence-corrected chi connectivity index (χ1v) is 10.9. The molecule has 4 aromatic rings. The molecule has 1 fully saturated rings. The second kappa shape index (κ2) is 7.99. The fraction of sp³-hybridized carbons (Fsp3) is 0.261. The molecule has 7 heteroatoms. The van der Waals surface area contributed by atoms with Crippen molar-refractivity contribution < 1.29 is 9.15 Å². The molecule has 0 saturated heterocycles. The number of methoxy groups -OCH3 is 1. The summed E-state index contributed by atoms with van der Waals surface area (Å²) in [6.07, 6.45) is 4.36. The van der Waals surface area contributed by atoms with Crippen LogP contribution in [-0.4, -0.2) is 26.9 Å². The largest absolute Gasteiger partial charge is 0.497 e. The Morgan fingerprint density at radius 2 is 1.80 bits per heavy atom. The summed E-state index contributed by atoms with van der Waals surface area (Å²) in [6, 6.07) is 18.6. The fourth-order valence-corrected chi connectivity index (χ4v) is 4.38. The number of hydrogen-bond acceptors (Lipinski definition) is 6. The van der Waals surface area contributed by atoms with Gasteiger partial charge < -0.3 is 13.7 Å². The minimum Gasteiger partial charge on any atom is -0.497 e. The van der Waals surface area contributed by atoms with Crippen molar-refractivity contribution >= 4 is 11.8 Å². The molecule has 1 unspecified atom stereocenters. The first-order valence-electron chi connectivity index (χ1n) is 10.00. The summed E-state index contributed by atoms with van der Waals surface area (Å²) in [6.45, 7) is 2.07. The van der Waals surface area contributed by atoms with E-state index in [2.05, 4.69) is 46.0 Å². The highest BCUT2D eigenvalue weighted by Gasteiger charge is 2.30. The summed E-state index contributed by atoms with van der Waals surface area (Å²) in [5, 5.41) is 9.50. The zero-order valence-electron chi connectivity index (χ0n) is 16.9. The number of thioether (sulfide) groups is 1. The molecule has 152 valence electrons. The smallest absolute Gasteiger partial charge is 0.247 e. The lowest BCUT2D eigenvalue weighted by Crippen LogP contribution is -2.00. The lowest BCUT2D eigenvalue weighted by Gasteiger charge is -2.12. The number of benzene rings is 2. The van der Waals surface area contributed by atoms with E-state index in [9.17, 15) is 0 Å². The Balaban J connectivity index is 1.38. The van der Waals surface area contributed by atoms with Gasteiger partial charge in [-0.15, -0.1) is 10.2 Å². The summed E-state index contributed by atoms with van der Waals surface area (Å²) < 4.78 is 13.5. The van der Waals surface area contributed by atoms with Crippen LogP contribution in [0.1, 0.15) is 36.9 Å². The molecule has 30 heavy (non-hydrogen) atoms. The summed E-state index contributed by atoms with van der Waals surface area (Å²) >= 11 is 1.66. The first-order chi connectivity index (χ1) is 14.7. The van der Waals surface area contributed by atoms with Crippen molar-refractivity contribution in [1.29, 1.82) is 0 Å². The fourth-order valence-electron chi connectivity index (χ4n) is 3.40. The molecule has 0 radical (unpaired) electrons. The third-order valence-electron chi connectivity index (χ3n) is 5.15. The molecule has 0 bridgehead atoms. The summed E-state index contributed by atoms with van der Waals surface area (Å²) in [7, 11) is 1.65. The van der Waals surface area contributed by atoms with Crippen molar-refractivity contribution in [3.63, 3.8) is 0 Å². The molecule has 2 aromatic heterocycles. The summed E-state index contributed by atoms with van der Waals surface area (Å²) in [5.74, 6) is 1.90. The Kier molecular flexibility index (Phi) is 5.04. The predicted molar refractivity (Wildman–Crippen MR) is 116 cm³/mol. The van der Waals surface area contributed by atoms with Gasteiger partial charge in [-0.3, -0.25) is 0 Å². The van der Waals surface area contributed by atoms with E-state index >= 15 is 0 Å². The van der Waals surface area contributed by atoms with Crippen LogP contribution in [0.15, 0.2) is 70.4 Å². The van der Waals surface area contributed by atoms with Gasteiger partial charge in [-0.25, -0.2) is 4.98 Å². The molecular weight excluding hydrogens is 396 g/mol. The molecule has 1 atom stereocenters. The minimum atomic E-state index is -0.00646. The van der Waals surface area contributed by atoms with Gasteiger partial charge in [0.25, 0.3) is 0 Å². The van der Waals surface area contributed by atoms with Crippen LogP contribution in [0.2, 0.25) is 0 Å². The van der Waals surface area contributed by atoms with Crippen LogP contribution in [0.3, 0.4) is 0 Å². The number of rotatable bonds is 7. The van der Waals surface area contributed by atoms with Gasteiger partial charge in [0.05, 0.1) is 24.3 Å². The highest BCUT2D eigenvalue weighted by atomic mass is 32.2. The van der Waals surface area contributed by atoms with Crippen LogP contribution in [-0.2, 0) is 0 Å². The number of aromatic nitrogens is 4. The van der Waals surface area contributed by atoms with E-state index in [0.29, 0.717) is 17.8 Å². The number of nitrogens with zero attached hydrogens (tertiary/aromatic N) is 4. The molecule has 2 heterocycles. The number of ether oxygens (including phenoxy) is 1. The average Bonchev–Trinajstić information content (AvgIpc) is 3.34. The molecule has 0 spiro atoms. The van der Waals surface area contributed by atoms with E-state index in [1.807, 2.05) is 36.5 Å². The zero-order valence-corrected chi connectivity index (χ0v) is 17.7. The Hall–Kier alpha value is -3.06. The van der Waals surface area contributed by atoms with Gasteiger partial charge in [-0.05, 0) is 49.6 Å². The molecule has 1 aliphatic rings. The van der Waals surface area contributed by atoms with Gasteiger partial charge in [-0.2, -0.15) is 0 Å². The van der Waals surface area contributed by atoms with Gasteiger partial charge >= 0.3 is 0 Å². The maximum atomic E-state index is 5.96. The zero-order chi connectivity index (χ0) is 20.5. The maximum absolute atomic E-state index is 5.96. The van der Waals surface area contributed by atoms with Crippen molar-refractivity contribution in [3.8, 4) is 28.5 Å². The molecule has 2 aromatic carbocycles. The lowest BCUT2D eigenvalue weighted by atomic mass is 10.2. The van der Waals surface area contributed by atoms with Crippen molar-refractivity contribution in [2.45, 2.75) is 36.2 Å². The van der Waals surface area contributed by atoms with E-state index < -0.39 is 0 Å². The van der Waals surface area contributed by atoms with Crippen LogP contribution in [0, 0.1) is 0 Å². The van der Waals surface area contributed by atoms with E-state index in [-0.39, 0.29) is 5.25 Å².